The topological polar surface area (TPSA) is 29.1 Å². The second-order valence-corrected chi connectivity index (χ2v) is 4.73. The lowest BCUT2D eigenvalue weighted by molar-refractivity contribution is 0.102. The van der Waals surface area contributed by atoms with Crippen molar-refractivity contribution in [2.24, 2.45) is 0 Å². The molecule has 2 rings (SSSR count). The molecule has 0 fully saturated rings. The van der Waals surface area contributed by atoms with Crippen LogP contribution in [0.25, 0.3) is 0 Å². The summed E-state index contributed by atoms with van der Waals surface area (Å²) in [6.45, 7) is 0. The zero-order valence-electron chi connectivity index (χ0n) is 9.49. The zero-order chi connectivity index (χ0) is 13.0. The first-order valence-electron chi connectivity index (χ1n) is 5.41. The SMILES string of the molecule is O=C(Nc1ccc(CBr)cc1)c1ccccc1Cl. The van der Waals surface area contributed by atoms with Crippen molar-refractivity contribution < 1.29 is 4.79 Å². The third-order valence-corrected chi connectivity index (χ3v) is 3.46. The summed E-state index contributed by atoms with van der Waals surface area (Å²) in [6, 6.07) is 14.6. The molecule has 0 aliphatic carbocycles. The molecule has 4 heteroatoms. The van der Waals surface area contributed by atoms with Gasteiger partial charge in [0, 0.05) is 11.0 Å². The van der Waals surface area contributed by atoms with E-state index in [-0.39, 0.29) is 5.91 Å². The molecule has 0 aliphatic heterocycles. The largest absolute Gasteiger partial charge is 0.322 e. The number of hydrogen-bond donors (Lipinski definition) is 1. The van der Waals surface area contributed by atoms with Crippen LogP contribution in [0.3, 0.4) is 0 Å². The van der Waals surface area contributed by atoms with E-state index in [0.29, 0.717) is 10.6 Å². The van der Waals surface area contributed by atoms with Crippen molar-refractivity contribution in [2.75, 3.05) is 5.32 Å². The minimum atomic E-state index is -0.202. The number of amides is 1. The molecule has 0 bridgehead atoms. The average molecular weight is 325 g/mol. The lowest BCUT2D eigenvalue weighted by Crippen LogP contribution is -2.12. The van der Waals surface area contributed by atoms with Crippen LogP contribution in [-0.4, -0.2) is 5.91 Å². The van der Waals surface area contributed by atoms with E-state index in [1.54, 1.807) is 24.3 Å². The van der Waals surface area contributed by atoms with E-state index >= 15 is 0 Å². The van der Waals surface area contributed by atoms with Gasteiger partial charge in [0.25, 0.3) is 5.91 Å². The normalized spacial score (nSPS) is 10.1. The Morgan fingerprint density at radius 1 is 1.11 bits per heavy atom. The highest BCUT2D eigenvalue weighted by molar-refractivity contribution is 9.08. The minimum Gasteiger partial charge on any atom is -0.322 e. The van der Waals surface area contributed by atoms with Gasteiger partial charge in [-0.25, -0.2) is 0 Å². The summed E-state index contributed by atoms with van der Waals surface area (Å²) in [5.74, 6) is -0.202. The fraction of sp³-hybridized carbons (Fsp3) is 0.0714. The molecule has 0 radical (unpaired) electrons. The van der Waals surface area contributed by atoms with Crippen LogP contribution < -0.4 is 5.32 Å². The molecule has 0 heterocycles. The molecular weight excluding hydrogens is 314 g/mol. The molecule has 0 atom stereocenters. The predicted molar refractivity (Wildman–Crippen MR) is 78.5 cm³/mol. The van der Waals surface area contributed by atoms with Gasteiger partial charge in [0.05, 0.1) is 10.6 Å². The number of carbonyl (C=O) groups is 1. The molecular formula is C14H11BrClNO. The van der Waals surface area contributed by atoms with E-state index in [1.165, 1.54) is 0 Å². The Bertz CT molecular complexity index is 554. The number of carbonyl (C=O) groups excluding carboxylic acids is 1. The lowest BCUT2D eigenvalue weighted by atomic mass is 10.2. The quantitative estimate of drug-likeness (QED) is 0.828. The molecule has 92 valence electrons. The summed E-state index contributed by atoms with van der Waals surface area (Å²) in [6.07, 6.45) is 0. The van der Waals surface area contributed by atoms with Gasteiger partial charge in [-0.1, -0.05) is 51.8 Å². The summed E-state index contributed by atoms with van der Waals surface area (Å²) in [4.78, 5) is 12.0. The molecule has 2 aromatic rings. The van der Waals surface area contributed by atoms with Gasteiger partial charge in [-0.2, -0.15) is 0 Å². The van der Waals surface area contributed by atoms with Gasteiger partial charge in [0.1, 0.15) is 0 Å². The molecule has 1 N–H and O–H groups in total. The Hall–Kier alpha value is -1.32. The van der Waals surface area contributed by atoms with Crippen LogP contribution in [0.1, 0.15) is 15.9 Å². The monoisotopic (exact) mass is 323 g/mol. The number of rotatable bonds is 3. The minimum absolute atomic E-state index is 0.202. The standard InChI is InChI=1S/C14H11BrClNO/c15-9-10-5-7-11(8-6-10)17-14(18)12-3-1-2-4-13(12)16/h1-8H,9H2,(H,17,18). The van der Waals surface area contributed by atoms with Crippen LogP contribution in [0.5, 0.6) is 0 Å². The van der Waals surface area contributed by atoms with Crippen LogP contribution in [0, 0.1) is 0 Å². The molecule has 2 nitrogen and oxygen atoms in total. The summed E-state index contributed by atoms with van der Waals surface area (Å²) < 4.78 is 0. The Morgan fingerprint density at radius 2 is 1.78 bits per heavy atom. The molecule has 0 saturated carbocycles. The van der Waals surface area contributed by atoms with Crippen molar-refractivity contribution >= 4 is 39.1 Å². The number of benzene rings is 2. The molecule has 1 amide bonds. The van der Waals surface area contributed by atoms with Crippen molar-refractivity contribution in [1.82, 2.24) is 0 Å². The summed E-state index contributed by atoms with van der Waals surface area (Å²) in [7, 11) is 0. The fourth-order valence-corrected chi connectivity index (χ4v) is 2.12. The molecule has 18 heavy (non-hydrogen) atoms. The van der Waals surface area contributed by atoms with Crippen LogP contribution in [0.2, 0.25) is 5.02 Å². The highest BCUT2D eigenvalue weighted by atomic mass is 79.9. The fourth-order valence-electron chi connectivity index (χ4n) is 1.52. The first kappa shape index (κ1) is 13.1. The van der Waals surface area contributed by atoms with Gasteiger partial charge >= 0.3 is 0 Å². The summed E-state index contributed by atoms with van der Waals surface area (Å²) >= 11 is 9.34. The Morgan fingerprint density at radius 3 is 2.39 bits per heavy atom. The van der Waals surface area contributed by atoms with Crippen molar-refractivity contribution in [1.29, 1.82) is 0 Å². The van der Waals surface area contributed by atoms with E-state index in [4.69, 9.17) is 11.6 Å². The Labute approximate surface area is 119 Å². The van der Waals surface area contributed by atoms with Crippen LogP contribution in [0.15, 0.2) is 48.5 Å². The zero-order valence-corrected chi connectivity index (χ0v) is 11.8. The average Bonchev–Trinajstić information content (AvgIpc) is 2.40. The first-order valence-corrected chi connectivity index (χ1v) is 6.91. The van der Waals surface area contributed by atoms with Crippen molar-refractivity contribution in [3.8, 4) is 0 Å². The van der Waals surface area contributed by atoms with Gasteiger partial charge in [-0.05, 0) is 29.8 Å². The maximum absolute atomic E-state index is 12.0. The van der Waals surface area contributed by atoms with Gasteiger partial charge in [0.15, 0.2) is 0 Å². The predicted octanol–water partition coefficient (Wildman–Crippen LogP) is 4.49. The summed E-state index contributed by atoms with van der Waals surface area (Å²) in [5.41, 5.74) is 2.39. The molecule has 2 aromatic carbocycles. The van der Waals surface area contributed by atoms with E-state index in [0.717, 1.165) is 16.6 Å². The molecule has 0 unspecified atom stereocenters. The van der Waals surface area contributed by atoms with Crippen molar-refractivity contribution in [3.05, 3.63) is 64.7 Å². The molecule has 0 saturated heterocycles. The van der Waals surface area contributed by atoms with Gasteiger partial charge in [-0.3, -0.25) is 4.79 Å². The van der Waals surface area contributed by atoms with Crippen LogP contribution >= 0.6 is 27.5 Å². The van der Waals surface area contributed by atoms with Gasteiger partial charge in [-0.15, -0.1) is 0 Å². The Balaban J connectivity index is 2.14. The number of halogens is 2. The maximum atomic E-state index is 12.0. The molecule has 0 aromatic heterocycles. The number of hydrogen-bond acceptors (Lipinski definition) is 1. The van der Waals surface area contributed by atoms with E-state index < -0.39 is 0 Å². The number of anilines is 1. The van der Waals surface area contributed by atoms with E-state index in [2.05, 4.69) is 21.2 Å². The van der Waals surface area contributed by atoms with Gasteiger partial charge in [0.2, 0.25) is 0 Å². The second-order valence-electron chi connectivity index (χ2n) is 3.76. The third-order valence-electron chi connectivity index (χ3n) is 2.48. The smallest absolute Gasteiger partial charge is 0.257 e. The Kier molecular flexibility index (Phi) is 4.39. The summed E-state index contributed by atoms with van der Waals surface area (Å²) in [5, 5.41) is 4.06. The maximum Gasteiger partial charge on any atom is 0.257 e. The van der Waals surface area contributed by atoms with Crippen molar-refractivity contribution in [2.45, 2.75) is 5.33 Å². The number of alkyl halides is 1. The van der Waals surface area contributed by atoms with Crippen LogP contribution in [0.4, 0.5) is 5.69 Å². The highest BCUT2D eigenvalue weighted by Gasteiger charge is 2.09. The highest BCUT2D eigenvalue weighted by Crippen LogP contribution is 2.18. The molecule has 0 spiro atoms. The van der Waals surface area contributed by atoms with Gasteiger partial charge < -0.3 is 5.32 Å². The third kappa shape index (κ3) is 3.12. The second kappa shape index (κ2) is 6.03. The van der Waals surface area contributed by atoms with Crippen LogP contribution in [-0.2, 0) is 5.33 Å². The van der Waals surface area contributed by atoms with E-state index in [1.807, 2.05) is 24.3 Å². The van der Waals surface area contributed by atoms with E-state index in [9.17, 15) is 4.79 Å². The lowest BCUT2D eigenvalue weighted by Gasteiger charge is -2.07. The number of nitrogens with one attached hydrogen (secondary N) is 1. The molecule has 0 aliphatic rings. The first-order chi connectivity index (χ1) is 8.70. The van der Waals surface area contributed by atoms with Crippen molar-refractivity contribution in [3.63, 3.8) is 0 Å².